The van der Waals surface area contributed by atoms with Crippen molar-refractivity contribution in [3.05, 3.63) is 64.7 Å². The van der Waals surface area contributed by atoms with Gasteiger partial charge in [0.25, 0.3) is 10.0 Å². The minimum absolute atomic E-state index is 0.0358. The fourth-order valence-corrected chi connectivity index (χ4v) is 8.46. The van der Waals surface area contributed by atoms with Crippen molar-refractivity contribution in [2.24, 2.45) is 11.8 Å². The van der Waals surface area contributed by atoms with Crippen molar-refractivity contribution >= 4 is 33.2 Å². The highest BCUT2D eigenvalue weighted by molar-refractivity contribution is 7.90. The molecule has 0 aromatic heterocycles. The van der Waals surface area contributed by atoms with Crippen molar-refractivity contribution in [1.82, 2.24) is 4.72 Å². The SMILES string of the molecule is CO[C@@H]1/C=C\CCCCC(=O)NS(=O)(=O)c2ccc3c(c2)N(C[C@@H]2CC[C@H]21)C[C@@]1(CCCc2cc(Cl)ccc21)CO3. The zero-order valence-electron chi connectivity index (χ0n) is 23.6. The van der Waals surface area contributed by atoms with E-state index in [9.17, 15) is 13.2 Å². The second kappa shape index (κ2) is 11.6. The number of ether oxygens (including phenoxy) is 2. The van der Waals surface area contributed by atoms with Gasteiger partial charge in [-0.25, -0.2) is 13.1 Å². The maximum Gasteiger partial charge on any atom is 0.264 e. The lowest BCUT2D eigenvalue weighted by atomic mass is 9.68. The van der Waals surface area contributed by atoms with Crippen LogP contribution in [-0.2, 0) is 31.4 Å². The third-order valence-corrected chi connectivity index (χ3v) is 11.1. The van der Waals surface area contributed by atoms with E-state index in [1.807, 2.05) is 6.07 Å². The van der Waals surface area contributed by atoms with Crippen LogP contribution in [0, 0.1) is 11.8 Å². The van der Waals surface area contributed by atoms with E-state index >= 15 is 0 Å². The average molecular weight is 599 g/mol. The Bertz CT molecular complexity index is 1440. The third kappa shape index (κ3) is 5.75. The van der Waals surface area contributed by atoms with Crippen molar-refractivity contribution in [3.63, 3.8) is 0 Å². The maximum absolute atomic E-state index is 13.3. The first kappa shape index (κ1) is 28.6. The lowest BCUT2D eigenvalue weighted by Crippen LogP contribution is -2.49. The van der Waals surface area contributed by atoms with Crippen LogP contribution in [0.3, 0.4) is 0 Å². The van der Waals surface area contributed by atoms with Crippen LogP contribution in [0.2, 0.25) is 5.02 Å². The molecular formula is C32H39ClN2O5S. The number of allylic oxidation sites excluding steroid dienone is 1. The molecule has 0 radical (unpaired) electrons. The number of hydrogen-bond donors (Lipinski definition) is 1. The number of hydrogen-bond acceptors (Lipinski definition) is 6. The summed E-state index contributed by atoms with van der Waals surface area (Å²) < 4.78 is 41.4. The van der Waals surface area contributed by atoms with Crippen LogP contribution >= 0.6 is 11.6 Å². The van der Waals surface area contributed by atoms with Gasteiger partial charge in [0.1, 0.15) is 5.75 Å². The Labute approximate surface area is 248 Å². The quantitative estimate of drug-likeness (QED) is 0.418. The van der Waals surface area contributed by atoms with Gasteiger partial charge in [-0.1, -0.05) is 29.8 Å². The summed E-state index contributed by atoms with van der Waals surface area (Å²) >= 11 is 6.39. The first-order chi connectivity index (χ1) is 19.8. The Morgan fingerprint density at radius 2 is 1.98 bits per heavy atom. The van der Waals surface area contributed by atoms with Crippen molar-refractivity contribution < 1.29 is 22.7 Å². The molecule has 4 atom stereocenters. The first-order valence-corrected chi connectivity index (χ1v) is 16.7. The van der Waals surface area contributed by atoms with Crippen molar-refractivity contribution in [1.29, 1.82) is 0 Å². The lowest BCUT2D eigenvalue weighted by molar-refractivity contribution is -0.119. The molecule has 7 nitrogen and oxygen atoms in total. The fraction of sp³-hybridized carbons (Fsp3) is 0.531. The lowest BCUT2D eigenvalue weighted by Gasteiger charge is -2.46. The predicted octanol–water partition coefficient (Wildman–Crippen LogP) is 5.79. The van der Waals surface area contributed by atoms with Gasteiger partial charge >= 0.3 is 0 Å². The normalized spacial score (nSPS) is 30.4. The number of halogens is 1. The Morgan fingerprint density at radius 3 is 2.78 bits per heavy atom. The van der Waals surface area contributed by atoms with Gasteiger partial charge in [0.15, 0.2) is 0 Å². The van der Waals surface area contributed by atoms with E-state index in [4.69, 9.17) is 21.1 Å². The van der Waals surface area contributed by atoms with E-state index in [-0.39, 0.29) is 22.8 Å². The predicted molar refractivity (Wildman–Crippen MR) is 160 cm³/mol. The van der Waals surface area contributed by atoms with Gasteiger partial charge in [-0.15, -0.1) is 0 Å². The number of benzene rings is 2. The second-order valence-electron chi connectivity index (χ2n) is 12.1. The Kier molecular flexibility index (Phi) is 8.09. The van der Waals surface area contributed by atoms with Gasteiger partial charge in [-0.2, -0.15) is 0 Å². The minimum atomic E-state index is -4.02. The maximum atomic E-state index is 13.3. The van der Waals surface area contributed by atoms with Crippen LogP contribution in [-0.4, -0.2) is 47.2 Å². The number of rotatable bonds is 1. The Morgan fingerprint density at radius 1 is 1.10 bits per heavy atom. The van der Waals surface area contributed by atoms with Gasteiger partial charge in [-0.05, 0) is 105 Å². The number of sulfonamides is 1. The Balaban J connectivity index is 1.42. The number of carbonyl (C=O) groups excluding carboxylic acids is 1. The van der Waals surface area contributed by atoms with E-state index in [1.165, 1.54) is 11.1 Å². The summed E-state index contributed by atoms with van der Waals surface area (Å²) in [4.78, 5) is 15.0. The third-order valence-electron chi connectivity index (χ3n) is 9.54. The molecule has 2 aliphatic carbocycles. The van der Waals surface area contributed by atoms with Crippen LogP contribution in [0.4, 0.5) is 5.69 Å². The first-order valence-electron chi connectivity index (χ1n) is 14.8. The number of aryl methyl sites for hydroxylation is 1. The monoisotopic (exact) mass is 598 g/mol. The molecule has 1 saturated carbocycles. The fourth-order valence-electron chi connectivity index (χ4n) is 7.23. The zero-order valence-corrected chi connectivity index (χ0v) is 25.2. The van der Waals surface area contributed by atoms with E-state index in [1.54, 1.807) is 25.3 Å². The molecule has 2 aromatic rings. The number of anilines is 1. The van der Waals surface area contributed by atoms with Crippen LogP contribution < -0.4 is 14.4 Å². The second-order valence-corrected chi connectivity index (χ2v) is 14.3. The summed E-state index contributed by atoms with van der Waals surface area (Å²) in [5.74, 6) is 0.982. The molecule has 2 aliphatic heterocycles. The molecular weight excluding hydrogens is 560 g/mol. The van der Waals surface area contributed by atoms with Crippen LogP contribution in [0.25, 0.3) is 0 Å². The minimum Gasteiger partial charge on any atom is -0.490 e. The molecule has 6 rings (SSSR count). The smallest absolute Gasteiger partial charge is 0.264 e. The van der Waals surface area contributed by atoms with Gasteiger partial charge in [0, 0.05) is 37.1 Å². The highest BCUT2D eigenvalue weighted by Crippen LogP contribution is 2.47. The topological polar surface area (TPSA) is 84.9 Å². The summed E-state index contributed by atoms with van der Waals surface area (Å²) in [7, 11) is -2.24. The molecule has 1 N–H and O–H groups in total. The van der Waals surface area contributed by atoms with E-state index < -0.39 is 15.9 Å². The molecule has 9 heteroatoms. The number of nitrogens with one attached hydrogen (secondary N) is 1. The van der Waals surface area contributed by atoms with Gasteiger partial charge < -0.3 is 14.4 Å². The largest absolute Gasteiger partial charge is 0.490 e. The number of carbonyl (C=O) groups is 1. The molecule has 4 aliphatic rings. The average Bonchev–Trinajstić information content (AvgIpc) is 3.08. The molecule has 0 saturated heterocycles. The summed E-state index contributed by atoms with van der Waals surface area (Å²) in [6.07, 6.45) is 12.0. The van der Waals surface area contributed by atoms with Crippen LogP contribution in [0.1, 0.15) is 62.5 Å². The van der Waals surface area contributed by atoms with Crippen molar-refractivity contribution in [2.45, 2.75) is 74.2 Å². The highest BCUT2D eigenvalue weighted by atomic mass is 35.5. The van der Waals surface area contributed by atoms with Crippen LogP contribution in [0.15, 0.2) is 53.4 Å². The van der Waals surface area contributed by atoms with Gasteiger partial charge in [0.2, 0.25) is 5.91 Å². The van der Waals surface area contributed by atoms with E-state index in [0.29, 0.717) is 37.2 Å². The molecule has 1 fully saturated rings. The van der Waals surface area contributed by atoms with Gasteiger partial charge in [0.05, 0.1) is 23.3 Å². The summed E-state index contributed by atoms with van der Waals surface area (Å²) in [6, 6.07) is 11.2. The van der Waals surface area contributed by atoms with Crippen LogP contribution in [0.5, 0.6) is 5.75 Å². The number of nitrogens with zero attached hydrogens (tertiary/aromatic N) is 1. The number of amides is 1. The van der Waals surface area contributed by atoms with Crippen molar-refractivity contribution in [2.75, 3.05) is 31.7 Å². The van der Waals surface area contributed by atoms with E-state index in [2.05, 4.69) is 33.9 Å². The summed E-state index contributed by atoms with van der Waals surface area (Å²) in [6.45, 7) is 1.99. The summed E-state index contributed by atoms with van der Waals surface area (Å²) in [5, 5.41) is 0.743. The van der Waals surface area contributed by atoms with Crippen molar-refractivity contribution in [3.8, 4) is 5.75 Å². The molecule has 41 heavy (non-hydrogen) atoms. The molecule has 2 heterocycles. The highest BCUT2D eigenvalue weighted by Gasteiger charge is 2.44. The molecule has 2 bridgehead atoms. The zero-order chi connectivity index (χ0) is 28.6. The molecule has 220 valence electrons. The molecule has 1 spiro atoms. The summed E-state index contributed by atoms with van der Waals surface area (Å²) in [5.41, 5.74) is 3.05. The molecule has 2 aromatic carbocycles. The molecule has 0 unspecified atom stereocenters. The molecule has 1 amide bonds. The number of methoxy groups -OCH3 is 1. The Hall–Kier alpha value is -2.55. The number of fused-ring (bicyclic) bond motifs is 4. The van der Waals surface area contributed by atoms with Gasteiger partial charge in [-0.3, -0.25) is 4.79 Å². The standard InChI is InChI=1S/C32H39ClN2O5S/c1-39-29-8-4-2-3-5-9-31(36)34-41(37,38)25-12-15-30-28(18-25)35(19-23-10-13-26(23)29)20-32(21-40-30)16-6-7-22-17-24(33)11-14-27(22)32/h4,8,11-12,14-15,17-18,23,26,29H,2-3,5-7,9-10,13,16,19-21H2,1H3,(H,34,36)/b8-4-/t23-,26+,29+,32-/m0/s1. The van der Waals surface area contributed by atoms with E-state index in [0.717, 1.165) is 62.2 Å².